The number of amides is 2. The van der Waals surface area contributed by atoms with Gasteiger partial charge in [-0.3, -0.25) is 14.6 Å². The number of nitrogens with zero attached hydrogens (tertiary/aromatic N) is 2. The summed E-state index contributed by atoms with van der Waals surface area (Å²) in [5.41, 5.74) is 5.64. The lowest BCUT2D eigenvalue weighted by Crippen LogP contribution is -2.41. The van der Waals surface area contributed by atoms with Gasteiger partial charge in [0, 0.05) is 18.5 Å². The molecule has 0 aromatic heterocycles. The average molecular weight is 476 g/mol. The highest BCUT2D eigenvalue weighted by Gasteiger charge is 2.35. The molecule has 0 aliphatic carbocycles. The van der Waals surface area contributed by atoms with Crippen LogP contribution in [0, 0.1) is 5.82 Å². The minimum atomic E-state index is -3.82. The van der Waals surface area contributed by atoms with Crippen molar-refractivity contribution in [1.29, 1.82) is 0 Å². The molecule has 1 heterocycles. The number of hydrogen-bond donors (Lipinski definition) is 3. The first-order valence-electron chi connectivity index (χ1n) is 10.2. The van der Waals surface area contributed by atoms with Crippen molar-refractivity contribution in [1.82, 2.24) is 10.0 Å². The molecule has 0 saturated carbocycles. The monoisotopic (exact) mass is 475 g/mol. The van der Waals surface area contributed by atoms with Crippen LogP contribution in [0.25, 0.3) is 0 Å². The van der Waals surface area contributed by atoms with Crippen molar-refractivity contribution in [2.24, 2.45) is 10.8 Å². The summed E-state index contributed by atoms with van der Waals surface area (Å²) in [6, 6.07) is 10.7. The lowest BCUT2D eigenvalue weighted by Gasteiger charge is -2.21. The summed E-state index contributed by atoms with van der Waals surface area (Å²) < 4.78 is 41.4. The predicted octanol–water partition coefficient (Wildman–Crippen LogP) is 1.64. The molecule has 4 N–H and O–H groups in total. The lowest BCUT2D eigenvalue weighted by atomic mass is 10.1. The third-order valence-corrected chi connectivity index (χ3v) is 6.59. The largest absolute Gasteiger partial charge is 0.368 e. The molecule has 0 bridgehead atoms. The van der Waals surface area contributed by atoms with E-state index >= 15 is 0 Å². The molecule has 2 amide bonds. The van der Waals surface area contributed by atoms with Gasteiger partial charge in [-0.15, -0.1) is 0 Å². The Kier molecular flexibility index (Phi) is 6.84. The third kappa shape index (κ3) is 5.93. The second kappa shape index (κ2) is 9.28. The summed E-state index contributed by atoms with van der Waals surface area (Å²) in [5.74, 6) is -1.71. The molecule has 3 rings (SSSR count). The maximum atomic E-state index is 13.2. The van der Waals surface area contributed by atoms with Crippen molar-refractivity contribution in [2.75, 3.05) is 5.01 Å². The van der Waals surface area contributed by atoms with Crippen LogP contribution in [0.5, 0.6) is 0 Å². The summed E-state index contributed by atoms with van der Waals surface area (Å²) in [6.45, 7) is 5.12. The molecule has 1 atom stereocenters. The first-order valence-corrected chi connectivity index (χ1v) is 11.7. The molecule has 2 aromatic carbocycles. The quantitative estimate of drug-likeness (QED) is 0.560. The van der Waals surface area contributed by atoms with Gasteiger partial charge >= 0.3 is 0 Å². The number of primary amides is 1. The van der Waals surface area contributed by atoms with Gasteiger partial charge < -0.3 is 11.1 Å². The van der Waals surface area contributed by atoms with Crippen LogP contribution in [0.15, 0.2) is 58.5 Å². The SMILES string of the molecule is CC(C)(C)NS(=O)(=O)c1ccccc1CNC(=O)C1=NN(c2ccc(F)cc2)C(C(N)=O)C1. The van der Waals surface area contributed by atoms with E-state index in [1.165, 1.54) is 35.3 Å². The first-order chi connectivity index (χ1) is 15.4. The van der Waals surface area contributed by atoms with Gasteiger partial charge in [-0.2, -0.15) is 5.10 Å². The number of hydrazone groups is 1. The summed E-state index contributed by atoms with van der Waals surface area (Å²) in [5, 5.41) is 8.14. The van der Waals surface area contributed by atoms with E-state index in [2.05, 4.69) is 15.1 Å². The maximum Gasteiger partial charge on any atom is 0.267 e. The van der Waals surface area contributed by atoms with Crippen LogP contribution < -0.4 is 20.8 Å². The minimum absolute atomic E-state index is 0.0376. The molecular weight excluding hydrogens is 449 g/mol. The van der Waals surface area contributed by atoms with Crippen molar-refractivity contribution in [3.63, 3.8) is 0 Å². The predicted molar refractivity (Wildman–Crippen MR) is 122 cm³/mol. The minimum Gasteiger partial charge on any atom is -0.368 e. The fourth-order valence-electron chi connectivity index (χ4n) is 3.35. The Morgan fingerprint density at radius 3 is 2.39 bits per heavy atom. The zero-order chi connectivity index (χ0) is 24.4. The van der Waals surface area contributed by atoms with E-state index in [9.17, 15) is 22.4 Å². The van der Waals surface area contributed by atoms with E-state index in [0.717, 1.165) is 0 Å². The normalized spacial score (nSPS) is 16.4. The summed E-state index contributed by atoms with van der Waals surface area (Å²) >= 11 is 0. The molecule has 0 saturated heterocycles. The molecule has 2 aromatic rings. The summed E-state index contributed by atoms with van der Waals surface area (Å²) in [4.78, 5) is 24.7. The fraction of sp³-hybridized carbons (Fsp3) is 0.318. The molecule has 1 aliphatic heterocycles. The second-order valence-corrected chi connectivity index (χ2v) is 10.3. The first kappa shape index (κ1) is 24.3. The van der Waals surface area contributed by atoms with Gasteiger partial charge in [-0.05, 0) is 56.7 Å². The van der Waals surface area contributed by atoms with Gasteiger partial charge in [0.05, 0.1) is 10.6 Å². The van der Waals surface area contributed by atoms with Crippen molar-refractivity contribution < 1.29 is 22.4 Å². The highest BCUT2D eigenvalue weighted by atomic mass is 32.2. The number of nitrogens with one attached hydrogen (secondary N) is 2. The standard InChI is InChI=1S/C22H26FN5O4S/c1-22(2,3)27-33(31,32)19-7-5-4-6-14(19)13-25-21(30)17-12-18(20(24)29)28(26-17)16-10-8-15(23)9-11-16/h4-11,18,27H,12-13H2,1-3H3,(H2,24,29)(H,25,30). The van der Waals surface area contributed by atoms with Crippen molar-refractivity contribution in [3.8, 4) is 0 Å². The van der Waals surface area contributed by atoms with Gasteiger partial charge in [0.15, 0.2) is 0 Å². The molecule has 0 fully saturated rings. The molecular formula is C22H26FN5O4S. The van der Waals surface area contributed by atoms with E-state index < -0.39 is 39.2 Å². The average Bonchev–Trinajstić information content (AvgIpc) is 3.17. The molecule has 176 valence electrons. The molecule has 1 aliphatic rings. The number of benzene rings is 2. The molecule has 33 heavy (non-hydrogen) atoms. The Balaban J connectivity index is 1.78. The van der Waals surface area contributed by atoms with Gasteiger partial charge in [-0.1, -0.05) is 18.2 Å². The molecule has 0 spiro atoms. The van der Waals surface area contributed by atoms with Crippen molar-refractivity contribution in [3.05, 3.63) is 59.9 Å². The Bertz CT molecular complexity index is 1190. The zero-order valence-electron chi connectivity index (χ0n) is 18.5. The number of hydrogen-bond acceptors (Lipinski definition) is 6. The topological polar surface area (TPSA) is 134 Å². The van der Waals surface area contributed by atoms with Crippen LogP contribution in [0.4, 0.5) is 10.1 Å². The molecule has 0 radical (unpaired) electrons. The van der Waals surface area contributed by atoms with E-state index in [0.29, 0.717) is 11.3 Å². The van der Waals surface area contributed by atoms with Gasteiger partial charge in [0.25, 0.3) is 5.91 Å². The number of halogens is 1. The number of carbonyl (C=O) groups excluding carboxylic acids is 2. The summed E-state index contributed by atoms with van der Waals surface area (Å²) in [7, 11) is -3.82. The van der Waals surface area contributed by atoms with E-state index in [1.54, 1.807) is 39.0 Å². The van der Waals surface area contributed by atoms with Crippen molar-refractivity contribution in [2.45, 2.75) is 50.2 Å². The number of carbonyl (C=O) groups is 2. The maximum absolute atomic E-state index is 13.2. The van der Waals surface area contributed by atoms with Crippen molar-refractivity contribution >= 4 is 33.2 Å². The molecule has 1 unspecified atom stereocenters. The van der Waals surface area contributed by atoms with Crippen LogP contribution >= 0.6 is 0 Å². The Morgan fingerprint density at radius 2 is 1.79 bits per heavy atom. The van der Waals surface area contributed by atoms with Crippen LogP contribution in [0.3, 0.4) is 0 Å². The van der Waals surface area contributed by atoms with Gasteiger partial charge in [0.2, 0.25) is 15.9 Å². The van der Waals surface area contributed by atoms with E-state index in [4.69, 9.17) is 5.73 Å². The molecule has 9 nitrogen and oxygen atoms in total. The molecule has 11 heteroatoms. The zero-order valence-corrected chi connectivity index (χ0v) is 19.3. The highest BCUT2D eigenvalue weighted by molar-refractivity contribution is 7.89. The third-order valence-electron chi connectivity index (χ3n) is 4.73. The smallest absolute Gasteiger partial charge is 0.267 e. The number of rotatable bonds is 7. The van der Waals surface area contributed by atoms with E-state index in [-0.39, 0.29) is 23.6 Å². The number of nitrogens with two attached hydrogens (primary N) is 1. The Morgan fingerprint density at radius 1 is 1.15 bits per heavy atom. The van der Waals surface area contributed by atoms with E-state index in [1.807, 2.05) is 0 Å². The van der Waals surface area contributed by atoms with Crippen LogP contribution in [-0.2, 0) is 26.2 Å². The lowest BCUT2D eigenvalue weighted by molar-refractivity contribution is -0.119. The van der Waals surface area contributed by atoms with Crippen LogP contribution in [0.2, 0.25) is 0 Å². The van der Waals surface area contributed by atoms with Gasteiger partial charge in [-0.25, -0.2) is 17.5 Å². The van der Waals surface area contributed by atoms with Crippen LogP contribution in [-0.4, -0.2) is 37.5 Å². The Hall–Kier alpha value is -3.31. The fourth-order valence-corrected chi connectivity index (χ4v) is 5.01. The summed E-state index contributed by atoms with van der Waals surface area (Å²) in [6.07, 6.45) is -0.0376. The van der Waals surface area contributed by atoms with Gasteiger partial charge in [0.1, 0.15) is 17.6 Å². The highest BCUT2D eigenvalue weighted by Crippen LogP contribution is 2.25. The van der Waals surface area contributed by atoms with Crippen LogP contribution in [0.1, 0.15) is 32.8 Å². The number of anilines is 1. The number of sulfonamides is 1. The Labute approximate surface area is 191 Å². The second-order valence-electron chi connectivity index (χ2n) is 8.64.